The maximum atomic E-state index is 12.6. The van der Waals surface area contributed by atoms with Crippen molar-refractivity contribution in [1.82, 2.24) is 4.98 Å². The van der Waals surface area contributed by atoms with Crippen LogP contribution in [0.15, 0.2) is 28.6 Å². The molecule has 0 aliphatic heterocycles. The van der Waals surface area contributed by atoms with Crippen molar-refractivity contribution in [2.45, 2.75) is 10.4 Å². The van der Waals surface area contributed by atoms with Gasteiger partial charge < -0.3 is 0 Å². The first-order chi connectivity index (χ1) is 9.58. The fraction of sp³-hybridized carbons (Fsp3) is 0.100. The van der Waals surface area contributed by atoms with Crippen molar-refractivity contribution >= 4 is 50.2 Å². The fourth-order valence-electron chi connectivity index (χ4n) is 1.38. The Bertz CT molecular complexity index is 775. The molecule has 0 atom stereocenters. The number of hydrogen-bond acceptors (Lipinski definition) is 4. The van der Waals surface area contributed by atoms with E-state index in [-0.39, 0.29) is 19.4 Å². The number of halogens is 5. The minimum atomic E-state index is -4.64. The van der Waals surface area contributed by atoms with Crippen LogP contribution in [0.3, 0.4) is 0 Å². The van der Waals surface area contributed by atoms with Crippen molar-refractivity contribution in [3.05, 3.63) is 39.4 Å². The Labute approximate surface area is 131 Å². The highest BCUT2D eigenvalue weighted by atomic mass is 35.5. The summed E-state index contributed by atoms with van der Waals surface area (Å²) in [5.74, 6) is 0. The first-order valence-electron chi connectivity index (χ1n) is 5.10. The van der Waals surface area contributed by atoms with E-state index < -0.39 is 21.8 Å². The average molecular weight is 377 g/mol. The lowest BCUT2D eigenvalue weighted by Gasteiger charge is -2.11. The number of nitrogens with zero attached hydrogens (tertiary/aromatic N) is 1. The zero-order valence-electron chi connectivity index (χ0n) is 9.78. The van der Waals surface area contributed by atoms with Gasteiger partial charge in [-0.1, -0.05) is 34.5 Å². The van der Waals surface area contributed by atoms with E-state index in [0.717, 1.165) is 12.3 Å². The van der Waals surface area contributed by atoms with Crippen LogP contribution in [-0.2, 0) is 16.2 Å². The number of anilines is 1. The Hall–Kier alpha value is -1.03. The largest absolute Gasteiger partial charge is 0.416 e. The zero-order chi connectivity index (χ0) is 15.8. The molecular weight excluding hydrogens is 372 g/mol. The number of nitrogens with one attached hydrogen (secondary N) is 1. The van der Waals surface area contributed by atoms with Crippen molar-refractivity contribution in [1.29, 1.82) is 0 Å². The highest BCUT2D eigenvalue weighted by molar-refractivity contribution is 7.94. The molecule has 0 saturated heterocycles. The van der Waals surface area contributed by atoms with Crippen LogP contribution in [-0.4, -0.2) is 13.4 Å². The summed E-state index contributed by atoms with van der Waals surface area (Å²) in [7, 11) is -4.08. The number of alkyl halides is 3. The molecule has 1 heterocycles. The van der Waals surface area contributed by atoms with Gasteiger partial charge in [0.1, 0.15) is 0 Å². The van der Waals surface area contributed by atoms with Crippen LogP contribution in [0.4, 0.5) is 18.9 Å². The monoisotopic (exact) mass is 376 g/mol. The lowest BCUT2D eigenvalue weighted by atomic mass is 10.2. The molecule has 0 saturated carbocycles. The van der Waals surface area contributed by atoms with Gasteiger partial charge in [0, 0.05) is 5.02 Å². The predicted molar refractivity (Wildman–Crippen MR) is 74.4 cm³/mol. The second-order valence-electron chi connectivity index (χ2n) is 3.76. The molecule has 0 amide bonds. The lowest BCUT2D eigenvalue weighted by Crippen LogP contribution is -2.13. The van der Waals surface area contributed by atoms with Crippen molar-refractivity contribution in [3.63, 3.8) is 0 Å². The molecule has 0 spiro atoms. The first-order valence-corrected chi connectivity index (χ1v) is 8.15. The summed E-state index contributed by atoms with van der Waals surface area (Å²) in [6.07, 6.45) is -3.64. The molecule has 1 aromatic heterocycles. The van der Waals surface area contributed by atoms with Crippen LogP contribution in [0.2, 0.25) is 9.49 Å². The highest BCUT2D eigenvalue weighted by Crippen LogP contribution is 2.34. The molecule has 0 aliphatic rings. The van der Waals surface area contributed by atoms with Crippen molar-refractivity contribution in [2.75, 3.05) is 4.72 Å². The summed E-state index contributed by atoms with van der Waals surface area (Å²) >= 11 is 11.8. The summed E-state index contributed by atoms with van der Waals surface area (Å²) in [6, 6.07) is 2.41. The molecule has 2 aromatic rings. The van der Waals surface area contributed by atoms with Crippen LogP contribution in [0.1, 0.15) is 5.56 Å². The number of benzene rings is 1. The third kappa shape index (κ3) is 4.00. The van der Waals surface area contributed by atoms with E-state index in [1.54, 1.807) is 0 Å². The van der Waals surface area contributed by atoms with E-state index in [0.29, 0.717) is 23.5 Å². The molecule has 11 heteroatoms. The average Bonchev–Trinajstić information content (AvgIpc) is 2.74. The van der Waals surface area contributed by atoms with Gasteiger partial charge in [-0.15, -0.1) is 0 Å². The van der Waals surface area contributed by atoms with E-state index in [4.69, 9.17) is 23.2 Å². The van der Waals surface area contributed by atoms with E-state index in [9.17, 15) is 21.6 Å². The molecule has 1 N–H and O–H groups in total. The summed E-state index contributed by atoms with van der Waals surface area (Å²) < 4.78 is 63.6. The Kier molecular flexibility index (Phi) is 4.39. The van der Waals surface area contributed by atoms with Gasteiger partial charge in [-0.2, -0.15) is 13.2 Å². The Morgan fingerprint density at radius 2 is 1.86 bits per heavy atom. The maximum Gasteiger partial charge on any atom is 0.416 e. The molecule has 0 bridgehead atoms. The number of sulfonamides is 1. The first kappa shape index (κ1) is 16.3. The number of hydrogen-bond donors (Lipinski definition) is 1. The third-order valence-electron chi connectivity index (χ3n) is 2.20. The zero-order valence-corrected chi connectivity index (χ0v) is 12.9. The van der Waals surface area contributed by atoms with Crippen LogP contribution >= 0.6 is 34.5 Å². The third-order valence-corrected chi connectivity index (χ3v) is 5.37. The van der Waals surface area contributed by atoms with Gasteiger partial charge in [0.15, 0.2) is 8.68 Å². The standard InChI is InChI=1S/C10H5Cl2F3N2O2S2/c11-6-1-5(10(13,14)15)2-7(3-6)17-21(18,19)8-4-16-9(12)20-8/h1-4,17H. The van der Waals surface area contributed by atoms with Gasteiger partial charge in [0.05, 0.1) is 17.4 Å². The molecular formula is C10H5Cl2F3N2O2S2. The minimum absolute atomic E-state index is 0.00236. The van der Waals surface area contributed by atoms with Crippen molar-refractivity contribution in [3.8, 4) is 0 Å². The number of aromatic nitrogens is 1. The number of thiazole rings is 1. The number of rotatable bonds is 3. The molecule has 0 fully saturated rings. The Morgan fingerprint density at radius 1 is 1.19 bits per heavy atom. The van der Waals surface area contributed by atoms with E-state index in [1.165, 1.54) is 0 Å². The van der Waals surface area contributed by atoms with E-state index in [2.05, 4.69) is 4.98 Å². The predicted octanol–water partition coefficient (Wildman–Crippen LogP) is 4.27. The molecule has 2 rings (SSSR count). The minimum Gasteiger partial charge on any atom is -0.279 e. The second-order valence-corrected chi connectivity index (χ2v) is 7.72. The summed E-state index contributed by atoms with van der Waals surface area (Å²) in [5.41, 5.74) is -1.37. The van der Waals surface area contributed by atoms with Crippen LogP contribution in [0.25, 0.3) is 0 Å². The molecule has 1 aromatic carbocycles. The van der Waals surface area contributed by atoms with E-state index >= 15 is 0 Å². The molecule has 0 radical (unpaired) electrons. The summed E-state index contributed by atoms with van der Waals surface area (Å²) in [4.78, 5) is 3.56. The normalized spacial score (nSPS) is 12.4. The van der Waals surface area contributed by atoms with Gasteiger partial charge in [-0.25, -0.2) is 13.4 Å². The van der Waals surface area contributed by atoms with Crippen LogP contribution < -0.4 is 4.72 Å². The van der Waals surface area contributed by atoms with Gasteiger partial charge in [-0.3, -0.25) is 4.72 Å². The Morgan fingerprint density at radius 3 is 2.38 bits per heavy atom. The maximum absolute atomic E-state index is 12.6. The summed E-state index contributed by atoms with van der Waals surface area (Å²) in [5, 5.41) is -0.245. The summed E-state index contributed by atoms with van der Waals surface area (Å²) in [6.45, 7) is 0. The molecule has 0 aliphatic carbocycles. The topological polar surface area (TPSA) is 59.1 Å². The molecule has 0 unspecified atom stereocenters. The quantitative estimate of drug-likeness (QED) is 0.869. The smallest absolute Gasteiger partial charge is 0.279 e. The Balaban J connectivity index is 2.38. The van der Waals surface area contributed by atoms with Gasteiger partial charge in [0.2, 0.25) is 0 Å². The van der Waals surface area contributed by atoms with Crippen molar-refractivity contribution in [2.24, 2.45) is 0 Å². The second kappa shape index (κ2) is 5.64. The van der Waals surface area contributed by atoms with Crippen LogP contribution in [0.5, 0.6) is 0 Å². The van der Waals surface area contributed by atoms with Gasteiger partial charge in [-0.05, 0) is 18.2 Å². The highest BCUT2D eigenvalue weighted by Gasteiger charge is 2.31. The van der Waals surface area contributed by atoms with Gasteiger partial charge in [0.25, 0.3) is 10.0 Å². The molecule has 4 nitrogen and oxygen atoms in total. The van der Waals surface area contributed by atoms with Crippen molar-refractivity contribution < 1.29 is 21.6 Å². The molecule has 21 heavy (non-hydrogen) atoms. The SMILES string of the molecule is O=S(=O)(Nc1cc(Cl)cc(C(F)(F)F)c1)c1cnc(Cl)s1. The fourth-order valence-corrected chi connectivity index (χ4v) is 3.95. The van der Waals surface area contributed by atoms with E-state index in [1.807, 2.05) is 4.72 Å². The van der Waals surface area contributed by atoms with Gasteiger partial charge >= 0.3 is 6.18 Å². The molecule has 114 valence electrons. The van der Waals surface area contributed by atoms with Crippen LogP contribution in [0, 0.1) is 0 Å². The lowest BCUT2D eigenvalue weighted by molar-refractivity contribution is -0.137.